The largest absolute Gasteiger partial charge is 0.324 e. The monoisotopic (exact) mass is 335 g/mol. The van der Waals surface area contributed by atoms with Crippen molar-refractivity contribution >= 4 is 21.6 Å². The molecule has 0 aliphatic heterocycles. The lowest BCUT2D eigenvalue weighted by Gasteiger charge is -2.15. The molecule has 0 radical (unpaired) electrons. The van der Waals surface area contributed by atoms with Crippen LogP contribution in [-0.2, 0) is 17.1 Å². The maximum Gasteiger partial charge on any atom is 0.261 e. The van der Waals surface area contributed by atoms with Crippen molar-refractivity contribution in [3.63, 3.8) is 0 Å². The average Bonchev–Trinajstić information content (AvgIpc) is 2.69. The van der Waals surface area contributed by atoms with Gasteiger partial charge >= 0.3 is 0 Å². The number of halogens is 3. The smallest absolute Gasteiger partial charge is 0.261 e. The minimum Gasteiger partial charge on any atom is -0.324 e. The highest BCUT2D eigenvalue weighted by molar-refractivity contribution is 7.89. The summed E-state index contributed by atoms with van der Waals surface area (Å²) in [6, 6.07) is 2.19. The number of aryl methyl sites for hydroxylation is 1. The summed E-state index contributed by atoms with van der Waals surface area (Å²) >= 11 is 5.82. The van der Waals surface area contributed by atoms with Crippen molar-refractivity contribution < 1.29 is 17.2 Å². The van der Waals surface area contributed by atoms with Gasteiger partial charge in [-0.3, -0.25) is 0 Å². The number of aromatic nitrogens is 2. The van der Waals surface area contributed by atoms with Crippen molar-refractivity contribution in [2.45, 2.75) is 18.0 Å². The summed E-state index contributed by atoms with van der Waals surface area (Å²) in [7, 11) is -2.58. The molecule has 0 aliphatic carbocycles. The lowest BCUT2D eigenvalue weighted by molar-refractivity contribution is 0.514. The van der Waals surface area contributed by atoms with Crippen LogP contribution in [0.5, 0.6) is 0 Å². The second-order valence-corrected chi connectivity index (χ2v) is 6.42. The first-order chi connectivity index (χ1) is 9.74. The Kier molecular flexibility index (Phi) is 4.31. The number of sulfonamides is 1. The van der Waals surface area contributed by atoms with Crippen LogP contribution in [0.4, 0.5) is 8.78 Å². The van der Waals surface area contributed by atoms with E-state index in [1.165, 1.54) is 30.9 Å². The summed E-state index contributed by atoms with van der Waals surface area (Å²) in [6.07, 6.45) is 1.23. The van der Waals surface area contributed by atoms with Crippen LogP contribution in [0, 0.1) is 11.6 Å². The number of nitrogens with one attached hydrogen (secondary N) is 1. The van der Waals surface area contributed by atoms with Gasteiger partial charge in [0.15, 0.2) is 0 Å². The zero-order valence-electron chi connectivity index (χ0n) is 11.1. The first kappa shape index (κ1) is 15.9. The summed E-state index contributed by atoms with van der Waals surface area (Å²) in [4.78, 5) is 3.67. The van der Waals surface area contributed by atoms with Gasteiger partial charge in [0.25, 0.3) is 10.0 Å². The van der Waals surface area contributed by atoms with Gasteiger partial charge in [0.1, 0.15) is 16.8 Å². The van der Waals surface area contributed by atoms with Gasteiger partial charge in [-0.1, -0.05) is 17.7 Å². The highest BCUT2D eigenvalue weighted by atomic mass is 35.5. The highest BCUT2D eigenvalue weighted by Crippen LogP contribution is 2.24. The van der Waals surface area contributed by atoms with E-state index in [4.69, 9.17) is 11.6 Å². The Hall–Kier alpha value is -1.51. The predicted octanol–water partition coefficient (Wildman–Crippen LogP) is 2.39. The lowest BCUT2D eigenvalue weighted by atomic mass is 10.1. The second-order valence-electron chi connectivity index (χ2n) is 4.43. The fourth-order valence-electron chi connectivity index (χ4n) is 1.85. The van der Waals surface area contributed by atoms with Crippen LogP contribution in [0.15, 0.2) is 29.6 Å². The van der Waals surface area contributed by atoms with Crippen molar-refractivity contribution in [1.82, 2.24) is 14.3 Å². The molecule has 0 amide bonds. The van der Waals surface area contributed by atoms with E-state index in [1.807, 2.05) is 0 Å². The Morgan fingerprint density at radius 1 is 1.33 bits per heavy atom. The van der Waals surface area contributed by atoms with Gasteiger partial charge in [-0.2, -0.15) is 0 Å². The molecule has 1 N–H and O–H groups in total. The van der Waals surface area contributed by atoms with Crippen LogP contribution in [0.3, 0.4) is 0 Å². The van der Waals surface area contributed by atoms with Crippen molar-refractivity contribution in [2.75, 3.05) is 0 Å². The van der Waals surface area contributed by atoms with E-state index in [0.717, 1.165) is 12.1 Å². The Bertz CT molecular complexity index is 757. The molecular formula is C12H12ClF2N3O2S. The predicted molar refractivity (Wildman–Crippen MR) is 73.3 cm³/mol. The first-order valence-electron chi connectivity index (χ1n) is 5.87. The third kappa shape index (κ3) is 3.07. The molecule has 1 unspecified atom stereocenters. The molecule has 0 saturated carbocycles. The zero-order valence-corrected chi connectivity index (χ0v) is 12.7. The molecule has 21 heavy (non-hydrogen) atoms. The van der Waals surface area contributed by atoms with Crippen LogP contribution in [0.1, 0.15) is 18.5 Å². The molecule has 1 aromatic heterocycles. The fraction of sp³-hybridized carbons (Fsp3) is 0.250. The summed E-state index contributed by atoms with van der Waals surface area (Å²) in [5.41, 5.74) is -0.367. The molecule has 0 fully saturated rings. The topological polar surface area (TPSA) is 64.0 Å². The molecule has 1 heterocycles. The van der Waals surface area contributed by atoms with Crippen LogP contribution in [-0.4, -0.2) is 18.0 Å². The quantitative estimate of drug-likeness (QED) is 0.933. The van der Waals surface area contributed by atoms with Gasteiger partial charge in [0, 0.05) is 12.6 Å². The Morgan fingerprint density at radius 3 is 2.38 bits per heavy atom. The SMILES string of the molecule is CC(NS(=O)(=O)c1ncn(C)c1Cl)c1c(F)cccc1F. The van der Waals surface area contributed by atoms with Crippen LogP contribution in [0.25, 0.3) is 0 Å². The van der Waals surface area contributed by atoms with Gasteiger partial charge in [0.05, 0.1) is 12.4 Å². The molecule has 1 aromatic carbocycles. The summed E-state index contributed by atoms with van der Waals surface area (Å²) < 4.78 is 55.1. The number of nitrogens with zero attached hydrogens (tertiary/aromatic N) is 2. The van der Waals surface area contributed by atoms with Crippen LogP contribution < -0.4 is 4.72 Å². The summed E-state index contributed by atoms with van der Waals surface area (Å²) in [5.74, 6) is -1.67. The van der Waals surface area contributed by atoms with Gasteiger partial charge in [-0.15, -0.1) is 0 Å². The van der Waals surface area contributed by atoms with E-state index in [9.17, 15) is 17.2 Å². The number of benzene rings is 1. The summed E-state index contributed by atoms with van der Waals surface area (Å²) in [5, 5.41) is -0.487. The van der Waals surface area contributed by atoms with Crippen molar-refractivity contribution in [3.05, 3.63) is 46.9 Å². The van der Waals surface area contributed by atoms with Gasteiger partial charge in [-0.25, -0.2) is 26.9 Å². The van der Waals surface area contributed by atoms with Gasteiger partial charge in [-0.05, 0) is 19.1 Å². The molecule has 9 heteroatoms. The average molecular weight is 336 g/mol. The number of rotatable bonds is 4. The lowest BCUT2D eigenvalue weighted by Crippen LogP contribution is -2.28. The molecule has 0 spiro atoms. The highest BCUT2D eigenvalue weighted by Gasteiger charge is 2.27. The number of hydrogen-bond donors (Lipinski definition) is 1. The molecule has 5 nitrogen and oxygen atoms in total. The van der Waals surface area contributed by atoms with Crippen molar-refractivity contribution in [3.8, 4) is 0 Å². The fourth-order valence-corrected chi connectivity index (χ4v) is 3.49. The van der Waals surface area contributed by atoms with Gasteiger partial charge < -0.3 is 4.57 Å². The first-order valence-corrected chi connectivity index (χ1v) is 7.73. The van der Waals surface area contributed by atoms with Crippen LogP contribution in [0.2, 0.25) is 5.15 Å². The normalized spacial score (nSPS) is 13.4. The van der Waals surface area contributed by atoms with E-state index < -0.39 is 32.7 Å². The number of imidazole rings is 1. The third-order valence-electron chi connectivity index (χ3n) is 2.85. The van der Waals surface area contributed by atoms with Crippen molar-refractivity contribution in [1.29, 1.82) is 0 Å². The maximum absolute atomic E-state index is 13.6. The molecule has 2 rings (SSSR count). The van der Waals surface area contributed by atoms with E-state index in [-0.39, 0.29) is 10.7 Å². The Balaban J connectivity index is 2.35. The molecule has 114 valence electrons. The number of hydrogen-bond acceptors (Lipinski definition) is 3. The summed E-state index contributed by atoms with van der Waals surface area (Å²) in [6.45, 7) is 1.33. The van der Waals surface area contributed by atoms with Gasteiger partial charge in [0.2, 0.25) is 5.03 Å². The van der Waals surface area contributed by atoms with E-state index >= 15 is 0 Å². The van der Waals surface area contributed by atoms with E-state index in [0.29, 0.717) is 0 Å². The molecule has 2 aromatic rings. The molecule has 0 bridgehead atoms. The zero-order chi connectivity index (χ0) is 15.8. The molecule has 0 aliphatic rings. The van der Waals surface area contributed by atoms with Crippen LogP contribution >= 0.6 is 11.6 Å². The molecule has 0 saturated heterocycles. The maximum atomic E-state index is 13.6. The van der Waals surface area contributed by atoms with E-state index in [1.54, 1.807) is 0 Å². The Labute approximate surface area is 125 Å². The second kappa shape index (κ2) is 5.70. The minimum absolute atomic E-state index is 0.0938. The third-order valence-corrected chi connectivity index (χ3v) is 4.88. The van der Waals surface area contributed by atoms with Crippen molar-refractivity contribution in [2.24, 2.45) is 7.05 Å². The van der Waals surface area contributed by atoms with E-state index in [2.05, 4.69) is 9.71 Å². The minimum atomic E-state index is -4.10. The molecule has 1 atom stereocenters. The molecular weight excluding hydrogens is 324 g/mol. The Morgan fingerprint density at radius 2 is 1.90 bits per heavy atom. The standard InChI is InChI=1S/C12H12ClF2N3O2S/c1-7(10-8(14)4-3-5-9(10)15)17-21(19,20)12-11(13)18(2)6-16-12/h3-7,17H,1-2H3.